The molecule has 0 aliphatic carbocycles. The molecule has 0 spiro atoms. The van der Waals surface area contributed by atoms with Crippen molar-refractivity contribution in [3.63, 3.8) is 0 Å². The summed E-state index contributed by atoms with van der Waals surface area (Å²) in [6.45, 7) is 0. The lowest BCUT2D eigenvalue weighted by Crippen LogP contribution is -2.05. The highest BCUT2D eigenvalue weighted by molar-refractivity contribution is 6.31. The molecule has 0 aliphatic heterocycles. The van der Waals surface area contributed by atoms with Gasteiger partial charge >= 0.3 is 5.97 Å². The zero-order chi connectivity index (χ0) is 9.84. The second-order valence-electron chi connectivity index (χ2n) is 2.64. The van der Waals surface area contributed by atoms with Crippen molar-refractivity contribution >= 4 is 17.6 Å². The molecule has 2 N–H and O–H groups in total. The number of hydrogen-bond donors (Lipinski definition) is 2. The number of carboxylic acids is 1. The highest BCUT2D eigenvalue weighted by Crippen LogP contribution is 2.24. The van der Waals surface area contributed by atoms with Crippen LogP contribution in [0.15, 0.2) is 24.3 Å². The summed E-state index contributed by atoms with van der Waals surface area (Å²) in [5, 5.41) is 18.2. The third-order valence-corrected chi connectivity index (χ3v) is 1.98. The molecule has 0 bridgehead atoms. The van der Waals surface area contributed by atoms with Crippen LogP contribution in [-0.4, -0.2) is 16.2 Å². The molecule has 0 aromatic heterocycles. The van der Waals surface area contributed by atoms with Crippen molar-refractivity contribution in [2.45, 2.75) is 12.5 Å². The summed E-state index contributed by atoms with van der Waals surface area (Å²) in [5.41, 5.74) is 0.451. The summed E-state index contributed by atoms with van der Waals surface area (Å²) >= 11 is 5.75. The first kappa shape index (κ1) is 10.0. The first-order valence-electron chi connectivity index (χ1n) is 3.75. The third kappa shape index (κ3) is 2.72. The Morgan fingerprint density at radius 3 is 2.62 bits per heavy atom. The summed E-state index contributed by atoms with van der Waals surface area (Å²) in [6, 6.07) is 6.64. The Kier molecular flexibility index (Phi) is 3.28. The SMILES string of the molecule is O=C(O)C[C@H](O)c1ccccc1Cl. The van der Waals surface area contributed by atoms with E-state index in [1.807, 2.05) is 0 Å². The molecule has 0 radical (unpaired) electrons. The highest BCUT2D eigenvalue weighted by Gasteiger charge is 2.14. The Hall–Kier alpha value is -1.06. The predicted octanol–water partition coefficient (Wildman–Crippen LogP) is 1.85. The molecule has 1 atom stereocenters. The van der Waals surface area contributed by atoms with E-state index >= 15 is 0 Å². The summed E-state index contributed by atoms with van der Waals surface area (Å²) in [7, 11) is 0. The van der Waals surface area contributed by atoms with E-state index in [0.29, 0.717) is 10.6 Å². The molecule has 1 aromatic carbocycles. The maximum absolute atomic E-state index is 10.3. The van der Waals surface area contributed by atoms with E-state index in [1.165, 1.54) is 0 Å². The van der Waals surface area contributed by atoms with Gasteiger partial charge in [0, 0.05) is 5.02 Å². The van der Waals surface area contributed by atoms with Gasteiger partial charge in [0.2, 0.25) is 0 Å². The van der Waals surface area contributed by atoms with Crippen LogP contribution in [0.3, 0.4) is 0 Å². The zero-order valence-electron chi connectivity index (χ0n) is 6.77. The van der Waals surface area contributed by atoms with E-state index in [2.05, 4.69) is 0 Å². The first-order valence-corrected chi connectivity index (χ1v) is 4.13. The molecule has 0 heterocycles. The fourth-order valence-electron chi connectivity index (χ4n) is 1.02. The number of benzene rings is 1. The molecule has 1 rings (SSSR count). The number of halogens is 1. The van der Waals surface area contributed by atoms with Crippen molar-refractivity contribution in [1.82, 2.24) is 0 Å². The lowest BCUT2D eigenvalue weighted by atomic mass is 10.1. The maximum Gasteiger partial charge on any atom is 0.306 e. The van der Waals surface area contributed by atoms with E-state index < -0.39 is 12.1 Å². The summed E-state index contributed by atoms with van der Waals surface area (Å²) < 4.78 is 0. The van der Waals surface area contributed by atoms with Gasteiger partial charge in [0.05, 0.1) is 12.5 Å². The molecule has 1 aromatic rings. The number of carboxylic acid groups (broad SMARTS) is 1. The average Bonchev–Trinajstić information content (AvgIpc) is 2.03. The zero-order valence-corrected chi connectivity index (χ0v) is 7.53. The van der Waals surface area contributed by atoms with Crippen LogP contribution < -0.4 is 0 Å². The second kappa shape index (κ2) is 4.25. The minimum Gasteiger partial charge on any atom is -0.481 e. The number of aliphatic carboxylic acids is 1. The monoisotopic (exact) mass is 200 g/mol. The van der Waals surface area contributed by atoms with Crippen molar-refractivity contribution in [3.8, 4) is 0 Å². The molecule has 0 saturated carbocycles. The van der Waals surface area contributed by atoms with Crippen LogP contribution in [0, 0.1) is 0 Å². The Balaban J connectivity index is 2.82. The van der Waals surface area contributed by atoms with Crippen LogP contribution in [0.4, 0.5) is 0 Å². The lowest BCUT2D eigenvalue weighted by Gasteiger charge is -2.09. The fourth-order valence-corrected chi connectivity index (χ4v) is 1.28. The van der Waals surface area contributed by atoms with Gasteiger partial charge in [-0.3, -0.25) is 4.79 Å². The van der Waals surface area contributed by atoms with Gasteiger partial charge in [-0.1, -0.05) is 29.8 Å². The molecule has 0 aliphatic rings. The van der Waals surface area contributed by atoms with Crippen molar-refractivity contribution in [2.24, 2.45) is 0 Å². The second-order valence-corrected chi connectivity index (χ2v) is 3.04. The summed E-state index contributed by atoms with van der Waals surface area (Å²) in [5.74, 6) is -1.05. The molecule has 13 heavy (non-hydrogen) atoms. The molecule has 0 fully saturated rings. The number of aliphatic hydroxyl groups is 1. The summed E-state index contributed by atoms with van der Waals surface area (Å²) in [4.78, 5) is 10.3. The van der Waals surface area contributed by atoms with E-state index in [1.54, 1.807) is 24.3 Å². The van der Waals surface area contributed by atoms with E-state index in [9.17, 15) is 9.90 Å². The number of hydrogen-bond acceptors (Lipinski definition) is 2. The molecule has 3 nitrogen and oxygen atoms in total. The van der Waals surface area contributed by atoms with E-state index in [0.717, 1.165) is 0 Å². The van der Waals surface area contributed by atoms with Crippen LogP contribution in [0.1, 0.15) is 18.1 Å². The molecule has 0 saturated heterocycles. The molecular weight excluding hydrogens is 192 g/mol. The molecule has 4 heteroatoms. The predicted molar refractivity (Wildman–Crippen MR) is 48.7 cm³/mol. The minimum absolute atomic E-state index is 0.330. The third-order valence-electron chi connectivity index (χ3n) is 1.63. The molecule has 0 amide bonds. The summed E-state index contributed by atoms with van der Waals surface area (Å²) in [6.07, 6.45) is -1.37. The van der Waals surface area contributed by atoms with Crippen LogP contribution in [0.5, 0.6) is 0 Å². The number of carbonyl (C=O) groups is 1. The smallest absolute Gasteiger partial charge is 0.306 e. The van der Waals surface area contributed by atoms with Crippen molar-refractivity contribution in [1.29, 1.82) is 0 Å². The van der Waals surface area contributed by atoms with Crippen molar-refractivity contribution in [2.75, 3.05) is 0 Å². The standard InChI is InChI=1S/C9H9ClO3/c10-7-4-2-1-3-6(7)8(11)5-9(12)13/h1-4,8,11H,5H2,(H,12,13)/t8-/m0/s1. The minimum atomic E-state index is -1.05. The maximum atomic E-state index is 10.3. The van der Waals surface area contributed by atoms with Gasteiger partial charge in [0.1, 0.15) is 0 Å². The van der Waals surface area contributed by atoms with Gasteiger partial charge < -0.3 is 10.2 Å². The lowest BCUT2D eigenvalue weighted by molar-refractivity contribution is -0.139. The first-order chi connectivity index (χ1) is 6.11. The van der Waals surface area contributed by atoms with Crippen molar-refractivity contribution < 1.29 is 15.0 Å². The Bertz CT molecular complexity index is 311. The normalized spacial score (nSPS) is 12.5. The van der Waals surface area contributed by atoms with Crippen molar-refractivity contribution in [3.05, 3.63) is 34.9 Å². The van der Waals surface area contributed by atoms with Crippen LogP contribution in [0.25, 0.3) is 0 Å². The van der Waals surface area contributed by atoms with Gasteiger partial charge in [0.25, 0.3) is 0 Å². The quantitative estimate of drug-likeness (QED) is 0.783. The Labute approximate surface area is 80.6 Å². The molecule has 70 valence electrons. The van der Waals surface area contributed by atoms with Gasteiger partial charge in [0.15, 0.2) is 0 Å². The van der Waals surface area contributed by atoms with Gasteiger partial charge in [-0.15, -0.1) is 0 Å². The van der Waals surface area contributed by atoms with Crippen LogP contribution in [-0.2, 0) is 4.79 Å². The highest BCUT2D eigenvalue weighted by atomic mass is 35.5. The van der Waals surface area contributed by atoms with E-state index in [4.69, 9.17) is 16.7 Å². The van der Waals surface area contributed by atoms with Gasteiger partial charge in [-0.25, -0.2) is 0 Å². The number of aliphatic hydroxyl groups excluding tert-OH is 1. The fraction of sp³-hybridized carbons (Fsp3) is 0.222. The Morgan fingerprint density at radius 2 is 2.08 bits per heavy atom. The average molecular weight is 201 g/mol. The number of rotatable bonds is 3. The Morgan fingerprint density at radius 1 is 1.46 bits per heavy atom. The topological polar surface area (TPSA) is 57.5 Å². The molecular formula is C9H9ClO3. The van der Waals surface area contributed by atoms with E-state index in [-0.39, 0.29) is 6.42 Å². The van der Waals surface area contributed by atoms with Gasteiger partial charge in [-0.2, -0.15) is 0 Å². The van der Waals surface area contributed by atoms with Crippen LogP contribution in [0.2, 0.25) is 5.02 Å². The largest absolute Gasteiger partial charge is 0.481 e. The van der Waals surface area contributed by atoms with Gasteiger partial charge in [-0.05, 0) is 11.6 Å². The van der Waals surface area contributed by atoms with Crippen LogP contribution >= 0.6 is 11.6 Å². The molecule has 0 unspecified atom stereocenters.